The molecule has 1 aliphatic heterocycles. The number of carbonyl (C=O) groups excluding carboxylic acids is 1. The van der Waals surface area contributed by atoms with Crippen molar-refractivity contribution < 1.29 is 14.3 Å². The van der Waals surface area contributed by atoms with Crippen molar-refractivity contribution >= 4 is 5.91 Å². The number of rotatable bonds is 7. The van der Waals surface area contributed by atoms with E-state index in [1.54, 1.807) is 14.2 Å². The zero-order valence-electron chi connectivity index (χ0n) is 12.8. The van der Waals surface area contributed by atoms with Crippen LogP contribution in [-0.2, 0) is 11.2 Å². The zero-order valence-corrected chi connectivity index (χ0v) is 12.8. The standard InChI is InChI=1S/C16H24N2O3/c1-20-13-7-8-15(21-2)12(11-13)5-3-10-18-16(19)14-6-4-9-17-14/h7-8,11,14,17H,3-6,9-10H2,1-2H3,(H,18,19). The van der Waals surface area contributed by atoms with Gasteiger partial charge in [0.05, 0.1) is 20.3 Å². The van der Waals surface area contributed by atoms with E-state index in [2.05, 4.69) is 10.6 Å². The van der Waals surface area contributed by atoms with E-state index in [1.165, 1.54) is 0 Å². The second kappa shape index (κ2) is 7.88. The molecule has 0 aliphatic carbocycles. The summed E-state index contributed by atoms with van der Waals surface area (Å²) in [6.07, 6.45) is 3.75. The summed E-state index contributed by atoms with van der Waals surface area (Å²) in [6, 6.07) is 5.78. The fraction of sp³-hybridized carbons (Fsp3) is 0.562. The molecular formula is C16H24N2O3. The maximum Gasteiger partial charge on any atom is 0.237 e. The Balaban J connectivity index is 1.78. The molecule has 5 nitrogen and oxygen atoms in total. The summed E-state index contributed by atoms with van der Waals surface area (Å²) in [5, 5.41) is 6.19. The van der Waals surface area contributed by atoms with Gasteiger partial charge in [-0.05, 0) is 56.0 Å². The summed E-state index contributed by atoms with van der Waals surface area (Å²) in [4.78, 5) is 11.9. The Labute approximate surface area is 126 Å². The van der Waals surface area contributed by atoms with Crippen molar-refractivity contribution in [2.45, 2.75) is 31.7 Å². The van der Waals surface area contributed by atoms with E-state index in [9.17, 15) is 4.79 Å². The van der Waals surface area contributed by atoms with Crippen molar-refractivity contribution in [3.05, 3.63) is 23.8 Å². The van der Waals surface area contributed by atoms with E-state index in [1.807, 2.05) is 18.2 Å². The second-order valence-corrected chi connectivity index (χ2v) is 5.22. The number of amides is 1. The zero-order chi connectivity index (χ0) is 15.1. The van der Waals surface area contributed by atoms with Crippen molar-refractivity contribution in [3.63, 3.8) is 0 Å². The first-order valence-electron chi connectivity index (χ1n) is 7.46. The molecule has 0 aromatic heterocycles. The van der Waals surface area contributed by atoms with Crippen LogP contribution in [0, 0.1) is 0 Å². The minimum atomic E-state index is -0.00337. The van der Waals surface area contributed by atoms with Gasteiger partial charge in [-0.15, -0.1) is 0 Å². The number of methoxy groups -OCH3 is 2. The number of hydrogen-bond acceptors (Lipinski definition) is 4. The quantitative estimate of drug-likeness (QED) is 0.748. The molecule has 1 heterocycles. The number of benzene rings is 1. The van der Waals surface area contributed by atoms with E-state index < -0.39 is 0 Å². The van der Waals surface area contributed by atoms with Gasteiger partial charge in [-0.3, -0.25) is 4.79 Å². The van der Waals surface area contributed by atoms with Crippen LogP contribution in [0.25, 0.3) is 0 Å². The molecule has 1 aliphatic rings. The maximum absolute atomic E-state index is 11.9. The monoisotopic (exact) mass is 292 g/mol. The summed E-state index contributed by atoms with van der Waals surface area (Å²) in [5.41, 5.74) is 1.10. The Hall–Kier alpha value is -1.75. The molecule has 0 radical (unpaired) electrons. The molecule has 1 aromatic rings. The number of carbonyl (C=O) groups is 1. The van der Waals surface area contributed by atoms with Crippen LogP contribution in [0.1, 0.15) is 24.8 Å². The molecule has 21 heavy (non-hydrogen) atoms. The third-order valence-electron chi connectivity index (χ3n) is 3.79. The molecule has 1 atom stereocenters. The molecule has 0 bridgehead atoms. The largest absolute Gasteiger partial charge is 0.497 e. The number of ether oxygens (including phenoxy) is 2. The van der Waals surface area contributed by atoms with E-state index in [-0.39, 0.29) is 11.9 Å². The second-order valence-electron chi connectivity index (χ2n) is 5.22. The molecule has 116 valence electrons. The van der Waals surface area contributed by atoms with Crippen LogP contribution in [0.2, 0.25) is 0 Å². The minimum Gasteiger partial charge on any atom is -0.497 e. The lowest BCUT2D eigenvalue weighted by molar-refractivity contribution is -0.122. The first-order valence-corrected chi connectivity index (χ1v) is 7.46. The van der Waals surface area contributed by atoms with Crippen molar-refractivity contribution in [1.29, 1.82) is 0 Å². The fourth-order valence-electron chi connectivity index (χ4n) is 2.60. The van der Waals surface area contributed by atoms with Crippen LogP contribution in [0.3, 0.4) is 0 Å². The van der Waals surface area contributed by atoms with Crippen LogP contribution in [0.15, 0.2) is 18.2 Å². The Morgan fingerprint density at radius 2 is 2.24 bits per heavy atom. The predicted molar refractivity (Wildman–Crippen MR) is 81.9 cm³/mol. The number of hydrogen-bond donors (Lipinski definition) is 2. The average molecular weight is 292 g/mol. The van der Waals surface area contributed by atoms with Crippen molar-refractivity contribution in [1.82, 2.24) is 10.6 Å². The van der Waals surface area contributed by atoms with Crippen molar-refractivity contribution in [3.8, 4) is 11.5 Å². The Morgan fingerprint density at radius 3 is 2.90 bits per heavy atom. The molecule has 1 unspecified atom stereocenters. The average Bonchev–Trinajstić information content (AvgIpc) is 3.05. The van der Waals surface area contributed by atoms with Crippen molar-refractivity contribution in [2.24, 2.45) is 0 Å². The van der Waals surface area contributed by atoms with Crippen LogP contribution < -0.4 is 20.1 Å². The third-order valence-corrected chi connectivity index (χ3v) is 3.79. The lowest BCUT2D eigenvalue weighted by Crippen LogP contribution is -2.40. The van der Waals surface area contributed by atoms with Crippen LogP contribution in [-0.4, -0.2) is 39.3 Å². The molecular weight excluding hydrogens is 268 g/mol. The number of nitrogens with one attached hydrogen (secondary N) is 2. The van der Waals surface area contributed by atoms with Gasteiger partial charge in [0.25, 0.3) is 0 Å². The Bertz CT molecular complexity index is 471. The van der Waals surface area contributed by atoms with Gasteiger partial charge >= 0.3 is 0 Å². The van der Waals surface area contributed by atoms with Gasteiger partial charge in [-0.2, -0.15) is 0 Å². The fourth-order valence-corrected chi connectivity index (χ4v) is 2.60. The van der Waals surface area contributed by atoms with Gasteiger partial charge in [0.1, 0.15) is 11.5 Å². The first-order chi connectivity index (χ1) is 10.2. The van der Waals surface area contributed by atoms with Crippen LogP contribution in [0.4, 0.5) is 0 Å². The van der Waals surface area contributed by atoms with E-state index in [4.69, 9.17) is 9.47 Å². The SMILES string of the molecule is COc1ccc(OC)c(CCCNC(=O)C2CCCN2)c1. The smallest absolute Gasteiger partial charge is 0.237 e. The first kappa shape index (κ1) is 15.6. The Kier molecular flexibility index (Phi) is 5.87. The lowest BCUT2D eigenvalue weighted by atomic mass is 10.1. The number of aryl methyl sites for hydroxylation is 1. The van der Waals surface area contributed by atoms with Crippen LogP contribution in [0.5, 0.6) is 11.5 Å². The molecule has 2 rings (SSSR count). The third kappa shape index (κ3) is 4.36. The van der Waals surface area contributed by atoms with Gasteiger partial charge in [-0.1, -0.05) is 0 Å². The summed E-state index contributed by atoms with van der Waals surface area (Å²) < 4.78 is 10.6. The summed E-state index contributed by atoms with van der Waals surface area (Å²) >= 11 is 0. The molecule has 0 saturated carbocycles. The van der Waals surface area contributed by atoms with E-state index in [0.717, 1.165) is 49.3 Å². The van der Waals surface area contributed by atoms with Gasteiger partial charge in [0.2, 0.25) is 5.91 Å². The molecule has 1 fully saturated rings. The maximum atomic E-state index is 11.9. The van der Waals surface area contributed by atoms with Crippen molar-refractivity contribution in [2.75, 3.05) is 27.3 Å². The van der Waals surface area contributed by atoms with E-state index in [0.29, 0.717) is 6.54 Å². The van der Waals surface area contributed by atoms with Gasteiger partial charge in [0, 0.05) is 6.54 Å². The molecule has 2 N–H and O–H groups in total. The molecule has 1 saturated heterocycles. The summed E-state index contributed by atoms with van der Waals surface area (Å²) in [5.74, 6) is 1.80. The van der Waals surface area contributed by atoms with Gasteiger partial charge in [0.15, 0.2) is 0 Å². The normalized spacial score (nSPS) is 17.5. The van der Waals surface area contributed by atoms with Gasteiger partial charge in [-0.25, -0.2) is 0 Å². The van der Waals surface area contributed by atoms with Crippen LogP contribution >= 0.6 is 0 Å². The summed E-state index contributed by atoms with van der Waals surface area (Å²) in [7, 11) is 3.32. The highest BCUT2D eigenvalue weighted by molar-refractivity contribution is 5.81. The minimum absolute atomic E-state index is 0.00337. The highest BCUT2D eigenvalue weighted by atomic mass is 16.5. The summed E-state index contributed by atoms with van der Waals surface area (Å²) in [6.45, 7) is 1.62. The predicted octanol–water partition coefficient (Wildman–Crippen LogP) is 1.50. The Morgan fingerprint density at radius 1 is 1.38 bits per heavy atom. The highest BCUT2D eigenvalue weighted by Crippen LogP contribution is 2.24. The molecule has 5 heteroatoms. The highest BCUT2D eigenvalue weighted by Gasteiger charge is 2.21. The van der Waals surface area contributed by atoms with E-state index >= 15 is 0 Å². The molecule has 0 spiro atoms. The lowest BCUT2D eigenvalue weighted by Gasteiger charge is -2.12. The topological polar surface area (TPSA) is 59.6 Å². The molecule has 1 amide bonds. The molecule has 1 aromatic carbocycles. The van der Waals surface area contributed by atoms with Gasteiger partial charge < -0.3 is 20.1 Å².